The van der Waals surface area contributed by atoms with E-state index in [-0.39, 0.29) is 18.2 Å². The highest BCUT2D eigenvalue weighted by molar-refractivity contribution is 5.82. The number of hydrogen-bond acceptors (Lipinski definition) is 3. The number of rotatable bonds is 7. The Kier molecular flexibility index (Phi) is 6.02. The third kappa shape index (κ3) is 5.52. The molecule has 0 bridgehead atoms. The molecule has 1 rings (SSSR count). The summed E-state index contributed by atoms with van der Waals surface area (Å²) in [5, 5.41) is 11.3. The number of carbonyl (C=O) groups is 2. The molecule has 19 heavy (non-hydrogen) atoms. The van der Waals surface area contributed by atoms with Gasteiger partial charge < -0.3 is 16.2 Å². The second-order valence-corrected chi connectivity index (χ2v) is 4.67. The van der Waals surface area contributed by atoms with E-state index in [0.717, 1.165) is 5.56 Å². The molecule has 0 saturated carbocycles. The van der Waals surface area contributed by atoms with Crippen LogP contribution in [0.3, 0.4) is 0 Å². The van der Waals surface area contributed by atoms with Crippen LogP contribution in [0.1, 0.15) is 31.4 Å². The Bertz CT molecular complexity index is 420. The molecule has 1 amide bonds. The highest BCUT2D eigenvalue weighted by Crippen LogP contribution is 2.10. The highest BCUT2D eigenvalue weighted by atomic mass is 16.4. The number of nitrogens with one attached hydrogen (secondary N) is 1. The quantitative estimate of drug-likeness (QED) is 0.692. The van der Waals surface area contributed by atoms with E-state index in [1.807, 2.05) is 25.1 Å². The molecule has 0 spiro atoms. The normalized spacial score (nSPS) is 13.6. The van der Waals surface area contributed by atoms with Crippen molar-refractivity contribution < 1.29 is 14.7 Å². The van der Waals surface area contributed by atoms with E-state index in [0.29, 0.717) is 13.0 Å². The first-order valence-electron chi connectivity index (χ1n) is 6.30. The molecule has 0 radical (unpaired) electrons. The molecule has 1 aromatic rings. The van der Waals surface area contributed by atoms with Crippen molar-refractivity contribution in [2.75, 3.05) is 6.54 Å². The molecule has 1 aromatic carbocycles. The first kappa shape index (κ1) is 15.2. The van der Waals surface area contributed by atoms with Crippen LogP contribution >= 0.6 is 0 Å². The zero-order chi connectivity index (χ0) is 14.3. The summed E-state index contributed by atoms with van der Waals surface area (Å²) in [5.74, 6) is -0.949. The smallest absolute Gasteiger partial charge is 0.303 e. The third-order valence-electron chi connectivity index (χ3n) is 2.92. The predicted molar refractivity (Wildman–Crippen MR) is 72.4 cm³/mol. The number of carbonyl (C=O) groups excluding carboxylic acids is 1. The number of carboxylic acids is 1. The Hall–Kier alpha value is -1.88. The fourth-order valence-corrected chi connectivity index (χ4v) is 1.67. The second-order valence-electron chi connectivity index (χ2n) is 4.67. The van der Waals surface area contributed by atoms with Crippen molar-refractivity contribution in [3.05, 3.63) is 35.9 Å². The van der Waals surface area contributed by atoms with Gasteiger partial charge in [-0.15, -0.1) is 0 Å². The van der Waals surface area contributed by atoms with Crippen molar-refractivity contribution in [2.24, 2.45) is 11.7 Å². The molecular formula is C14H20N2O3. The molecule has 0 aliphatic rings. The summed E-state index contributed by atoms with van der Waals surface area (Å²) in [6.07, 6.45) is 0.651. The van der Waals surface area contributed by atoms with Crippen LogP contribution in [0.25, 0.3) is 0 Å². The maximum absolute atomic E-state index is 11.8. The Morgan fingerprint density at radius 2 is 1.95 bits per heavy atom. The summed E-state index contributed by atoms with van der Waals surface area (Å²) in [6.45, 7) is 2.34. The fraction of sp³-hybridized carbons (Fsp3) is 0.429. The molecule has 0 saturated heterocycles. The SMILES string of the molecule is CC(CCC(=O)O)CNC(=O)[C@H](N)c1ccccc1. The van der Waals surface area contributed by atoms with Crippen molar-refractivity contribution in [3.63, 3.8) is 0 Å². The minimum atomic E-state index is -0.820. The van der Waals surface area contributed by atoms with Crippen LogP contribution in [0.15, 0.2) is 30.3 Å². The lowest BCUT2D eigenvalue weighted by atomic mass is 10.0. The molecule has 5 nitrogen and oxygen atoms in total. The van der Waals surface area contributed by atoms with Crippen LogP contribution in [0.4, 0.5) is 0 Å². The maximum atomic E-state index is 11.8. The maximum Gasteiger partial charge on any atom is 0.303 e. The van der Waals surface area contributed by atoms with Crippen LogP contribution in [0, 0.1) is 5.92 Å². The number of carboxylic acid groups (broad SMARTS) is 1. The van der Waals surface area contributed by atoms with E-state index in [1.165, 1.54) is 0 Å². The van der Waals surface area contributed by atoms with Crippen molar-refractivity contribution in [1.82, 2.24) is 5.32 Å². The second kappa shape index (κ2) is 7.53. The molecule has 0 fully saturated rings. The lowest BCUT2D eigenvalue weighted by Crippen LogP contribution is -2.36. The lowest BCUT2D eigenvalue weighted by molar-refractivity contribution is -0.137. The summed E-state index contributed by atoms with van der Waals surface area (Å²) in [6, 6.07) is 8.45. The Balaban J connectivity index is 2.37. The molecule has 0 aliphatic carbocycles. The van der Waals surface area contributed by atoms with Crippen molar-refractivity contribution in [2.45, 2.75) is 25.8 Å². The van der Waals surface area contributed by atoms with Crippen LogP contribution in [-0.4, -0.2) is 23.5 Å². The molecule has 4 N–H and O–H groups in total. The van der Waals surface area contributed by atoms with Gasteiger partial charge in [-0.25, -0.2) is 0 Å². The molecule has 5 heteroatoms. The lowest BCUT2D eigenvalue weighted by Gasteiger charge is -2.15. The van der Waals surface area contributed by atoms with Gasteiger partial charge in [-0.3, -0.25) is 9.59 Å². The van der Waals surface area contributed by atoms with Gasteiger partial charge in [0, 0.05) is 13.0 Å². The molecule has 104 valence electrons. The summed E-state index contributed by atoms with van der Waals surface area (Å²) in [7, 11) is 0. The molecule has 1 unspecified atom stereocenters. The van der Waals surface area contributed by atoms with Crippen LogP contribution in [-0.2, 0) is 9.59 Å². The number of aliphatic carboxylic acids is 1. The topological polar surface area (TPSA) is 92.4 Å². The van der Waals surface area contributed by atoms with E-state index in [9.17, 15) is 9.59 Å². The van der Waals surface area contributed by atoms with E-state index >= 15 is 0 Å². The van der Waals surface area contributed by atoms with E-state index in [2.05, 4.69) is 5.32 Å². The molecule has 0 aromatic heterocycles. The molecule has 0 aliphatic heterocycles. The van der Waals surface area contributed by atoms with E-state index < -0.39 is 12.0 Å². The largest absolute Gasteiger partial charge is 0.481 e. The zero-order valence-corrected chi connectivity index (χ0v) is 11.0. The number of amides is 1. The first-order chi connectivity index (χ1) is 9.00. The van der Waals surface area contributed by atoms with Gasteiger partial charge in [0.1, 0.15) is 6.04 Å². The van der Waals surface area contributed by atoms with Crippen LogP contribution in [0.5, 0.6) is 0 Å². The monoisotopic (exact) mass is 264 g/mol. The Labute approximate surface area is 112 Å². The van der Waals surface area contributed by atoms with Crippen molar-refractivity contribution in [1.29, 1.82) is 0 Å². The summed E-state index contributed by atoms with van der Waals surface area (Å²) in [4.78, 5) is 22.3. The highest BCUT2D eigenvalue weighted by Gasteiger charge is 2.16. The molecular weight excluding hydrogens is 244 g/mol. The minimum absolute atomic E-state index is 0.113. The van der Waals surface area contributed by atoms with Gasteiger partial charge in [-0.05, 0) is 17.9 Å². The average molecular weight is 264 g/mol. The van der Waals surface area contributed by atoms with Crippen LogP contribution in [0.2, 0.25) is 0 Å². The van der Waals surface area contributed by atoms with Gasteiger partial charge in [0.2, 0.25) is 5.91 Å². The zero-order valence-electron chi connectivity index (χ0n) is 11.0. The number of benzene rings is 1. The van der Waals surface area contributed by atoms with E-state index in [4.69, 9.17) is 10.8 Å². The number of nitrogens with two attached hydrogens (primary N) is 1. The van der Waals surface area contributed by atoms with Crippen molar-refractivity contribution in [3.8, 4) is 0 Å². The van der Waals surface area contributed by atoms with Gasteiger partial charge in [0.05, 0.1) is 0 Å². The van der Waals surface area contributed by atoms with Gasteiger partial charge in [0.15, 0.2) is 0 Å². The van der Waals surface area contributed by atoms with Gasteiger partial charge in [0.25, 0.3) is 0 Å². The van der Waals surface area contributed by atoms with Gasteiger partial charge >= 0.3 is 5.97 Å². The summed E-state index contributed by atoms with van der Waals surface area (Å²) >= 11 is 0. The summed E-state index contributed by atoms with van der Waals surface area (Å²) < 4.78 is 0. The van der Waals surface area contributed by atoms with Crippen LogP contribution < -0.4 is 11.1 Å². The third-order valence-corrected chi connectivity index (χ3v) is 2.92. The van der Waals surface area contributed by atoms with Gasteiger partial charge in [-0.2, -0.15) is 0 Å². The molecule has 2 atom stereocenters. The minimum Gasteiger partial charge on any atom is -0.481 e. The average Bonchev–Trinajstić information content (AvgIpc) is 2.42. The first-order valence-corrected chi connectivity index (χ1v) is 6.30. The predicted octanol–water partition coefficient (Wildman–Crippen LogP) is 1.30. The Morgan fingerprint density at radius 3 is 2.53 bits per heavy atom. The Morgan fingerprint density at radius 1 is 1.32 bits per heavy atom. The van der Waals surface area contributed by atoms with Crippen molar-refractivity contribution >= 4 is 11.9 Å². The fourth-order valence-electron chi connectivity index (χ4n) is 1.67. The standard InChI is InChI=1S/C14H20N2O3/c1-10(7-8-12(17)18)9-16-14(19)13(15)11-5-3-2-4-6-11/h2-6,10,13H,7-9,15H2,1H3,(H,16,19)(H,17,18)/t10?,13-/m1/s1. The van der Waals surface area contributed by atoms with Gasteiger partial charge in [-0.1, -0.05) is 37.3 Å². The van der Waals surface area contributed by atoms with E-state index in [1.54, 1.807) is 12.1 Å². The summed E-state index contributed by atoms with van der Waals surface area (Å²) in [5.41, 5.74) is 6.60. The molecule has 0 heterocycles. The number of hydrogen-bond donors (Lipinski definition) is 3.